The molecule has 0 bridgehead atoms. The molecule has 0 atom stereocenters. The average molecular weight is 462 g/mol. The molecule has 36 heavy (non-hydrogen) atoms. The van der Waals surface area contributed by atoms with E-state index in [4.69, 9.17) is 4.98 Å². The molecule has 8 aromatic rings. The molecule has 0 aliphatic heterocycles. The predicted octanol–water partition coefficient (Wildman–Crippen LogP) is 7.20. The second-order valence-corrected chi connectivity index (χ2v) is 9.19. The quantitative estimate of drug-likeness (QED) is 0.255. The molecule has 0 fully saturated rings. The summed E-state index contributed by atoms with van der Waals surface area (Å²) in [5, 5.41) is 4.87. The van der Waals surface area contributed by atoms with Crippen molar-refractivity contribution in [1.29, 1.82) is 0 Å². The lowest BCUT2D eigenvalue weighted by Gasteiger charge is -2.10. The number of fused-ring (bicyclic) bond motifs is 6. The Hall–Kier alpha value is -4.96. The van der Waals surface area contributed by atoms with E-state index in [-0.39, 0.29) is 5.56 Å². The summed E-state index contributed by atoms with van der Waals surface area (Å²) in [6.45, 7) is 0. The third-order valence-corrected chi connectivity index (χ3v) is 7.26. The summed E-state index contributed by atoms with van der Waals surface area (Å²) in [7, 11) is 0. The first kappa shape index (κ1) is 19.4. The van der Waals surface area contributed by atoms with Crippen LogP contribution in [0.25, 0.3) is 66.1 Å². The molecular weight excluding hydrogens is 442 g/mol. The van der Waals surface area contributed by atoms with Crippen LogP contribution < -0.4 is 5.56 Å². The van der Waals surface area contributed by atoms with Gasteiger partial charge in [0.05, 0.1) is 16.6 Å². The van der Waals surface area contributed by atoms with Crippen LogP contribution in [0.5, 0.6) is 0 Å². The maximum absolute atomic E-state index is 13.9. The fourth-order valence-corrected chi connectivity index (χ4v) is 5.76. The third kappa shape index (κ3) is 2.42. The summed E-state index contributed by atoms with van der Waals surface area (Å²) in [5.74, 6) is 0.676. The molecule has 0 amide bonds. The van der Waals surface area contributed by atoms with Crippen LogP contribution in [0.3, 0.4) is 0 Å². The number of hydrogen-bond donors (Lipinski definition) is 0. The van der Waals surface area contributed by atoms with Crippen LogP contribution in [0.1, 0.15) is 0 Å². The molecule has 5 aromatic carbocycles. The van der Waals surface area contributed by atoms with Crippen LogP contribution in [0.2, 0.25) is 0 Å². The minimum atomic E-state index is -0.0365. The Balaban J connectivity index is 1.70. The monoisotopic (exact) mass is 461 g/mol. The zero-order valence-corrected chi connectivity index (χ0v) is 19.2. The fraction of sp³-hybridized carbons (Fsp3) is 0. The lowest BCUT2D eigenvalue weighted by Crippen LogP contribution is -2.14. The summed E-state index contributed by atoms with van der Waals surface area (Å²) in [6.07, 6.45) is 0. The summed E-state index contributed by atoms with van der Waals surface area (Å²) in [4.78, 5) is 19.1. The standard InChI is InChI=1S/C32H19N3O/c36-32-23-16-8-7-15-22(23)25-19-27-28(29-30(25)35(32)31(33-29)20-11-3-1-4-12-20)24-17-9-10-18-26(24)34(27)21-13-5-2-6-14-21/h1-19H. The zero-order valence-electron chi connectivity index (χ0n) is 19.2. The topological polar surface area (TPSA) is 39.3 Å². The van der Waals surface area contributed by atoms with Gasteiger partial charge < -0.3 is 4.57 Å². The molecule has 0 aliphatic carbocycles. The number of benzene rings is 5. The van der Waals surface area contributed by atoms with Crippen LogP contribution in [0.4, 0.5) is 0 Å². The third-order valence-electron chi connectivity index (χ3n) is 7.26. The highest BCUT2D eigenvalue weighted by molar-refractivity contribution is 6.27. The van der Waals surface area contributed by atoms with Crippen LogP contribution in [0, 0.1) is 0 Å². The summed E-state index contributed by atoms with van der Waals surface area (Å²) >= 11 is 0. The van der Waals surface area contributed by atoms with E-state index in [1.807, 2.05) is 65.1 Å². The Bertz CT molecular complexity index is 2160. The van der Waals surface area contributed by atoms with Crippen molar-refractivity contribution < 1.29 is 0 Å². The smallest absolute Gasteiger partial charge is 0.264 e. The van der Waals surface area contributed by atoms with Crippen molar-refractivity contribution in [3.8, 4) is 17.1 Å². The van der Waals surface area contributed by atoms with E-state index >= 15 is 0 Å². The molecule has 3 heterocycles. The van der Waals surface area contributed by atoms with Gasteiger partial charge in [-0.1, -0.05) is 84.9 Å². The zero-order chi connectivity index (χ0) is 23.8. The molecule has 4 nitrogen and oxygen atoms in total. The number of para-hydroxylation sites is 2. The van der Waals surface area contributed by atoms with E-state index in [0.717, 1.165) is 54.9 Å². The van der Waals surface area contributed by atoms with E-state index in [1.54, 1.807) is 0 Å². The molecule has 8 rings (SSSR count). The van der Waals surface area contributed by atoms with Crippen molar-refractivity contribution in [3.63, 3.8) is 0 Å². The Morgan fingerprint density at radius 2 is 1.22 bits per heavy atom. The second kappa shape index (κ2) is 7.03. The van der Waals surface area contributed by atoms with Gasteiger partial charge in [0.15, 0.2) is 0 Å². The van der Waals surface area contributed by atoms with E-state index in [1.165, 1.54) is 0 Å². The van der Waals surface area contributed by atoms with Crippen LogP contribution >= 0.6 is 0 Å². The molecular formula is C32H19N3O. The van der Waals surface area contributed by atoms with Gasteiger partial charge in [0.1, 0.15) is 11.3 Å². The van der Waals surface area contributed by atoms with Crippen LogP contribution in [-0.4, -0.2) is 14.0 Å². The number of hydrogen-bond acceptors (Lipinski definition) is 2. The molecule has 3 aromatic heterocycles. The van der Waals surface area contributed by atoms with Crippen molar-refractivity contribution in [2.24, 2.45) is 0 Å². The largest absolute Gasteiger partial charge is 0.309 e. The second-order valence-electron chi connectivity index (χ2n) is 9.19. The van der Waals surface area contributed by atoms with Gasteiger partial charge in [0.25, 0.3) is 5.56 Å². The number of nitrogens with zero attached hydrogens (tertiary/aromatic N) is 3. The van der Waals surface area contributed by atoms with Crippen molar-refractivity contribution in [2.45, 2.75) is 0 Å². The molecule has 0 saturated carbocycles. The Kier molecular flexibility index (Phi) is 3.78. The molecule has 0 radical (unpaired) electrons. The van der Waals surface area contributed by atoms with Crippen molar-refractivity contribution >= 4 is 49.0 Å². The number of rotatable bonds is 2. The maximum Gasteiger partial charge on any atom is 0.264 e. The van der Waals surface area contributed by atoms with E-state index in [2.05, 4.69) is 59.2 Å². The van der Waals surface area contributed by atoms with E-state index in [9.17, 15) is 4.79 Å². The lowest BCUT2D eigenvalue weighted by molar-refractivity contribution is 1.13. The van der Waals surface area contributed by atoms with Gasteiger partial charge in [0, 0.05) is 32.8 Å². The van der Waals surface area contributed by atoms with Crippen molar-refractivity contribution in [1.82, 2.24) is 14.0 Å². The molecule has 0 saturated heterocycles. The average Bonchev–Trinajstić information content (AvgIpc) is 3.49. The first-order valence-corrected chi connectivity index (χ1v) is 12.0. The Morgan fingerprint density at radius 3 is 2.00 bits per heavy atom. The highest BCUT2D eigenvalue weighted by Crippen LogP contribution is 2.41. The summed E-state index contributed by atoms with van der Waals surface area (Å²) in [6, 6.07) is 39.0. The highest BCUT2D eigenvalue weighted by Gasteiger charge is 2.24. The van der Waals surface area contributed by atoms with Gasteiger partial charge in [-0.05, 0) is 35.7 Å². The van der Waals surface area contributed by atoms with Gasteiger partial charge >= 0.3 is 0 Å². The maximum atomic E-state index is 13.9. The Morgan fingerprint density at radius 1 is 0.583 bits per heavy atom. The molecule has 0 spiro atoms. The van der Waals surface area contributed by atoms with Gasteiger partial charge in [-0.3, -0.25) is 9.20 Å². The number of pyridine rings is 1. The lowest BCUT2D eigenvalue weighted by atomic mass is 10.0. The van der Waals surface area contributed by atoms with Crippen molar-refractivity contribution in [3.05, 3.63) is 126 Å². The van der Waals surface area contributed by atoms with E-state index in [0.29, 0.717) is 11.2 Å². The molecule has 168 valence electrons. The van der Waals surface area contributed by atoms with Gasteiger partial charge in [-0.15, -0.1) is 0 Å². The fourth-order valence-electron chi connectivity index (χ4n) is 5.76. The Labute approximate surface area is 205 Å². The normalized spacial score (nSPS) is 12.0. The molecule has 4 heteroatoms. The van der Waals surface area contributed by atoms with Gasteiger partial charge in [0.2, 0.25) is 0 Å². The highest BCUT2D eigenvalue weighted by atomic mass is 16.1. The number of imidazole rings is 1. The van der Waals surface area contributed by atoms with Crippen molar-refractivity contribution in [2.75, 3.05) is 0 Å². The summed E-state index contributed by atoms with van der Waals surface area (Å²) in [5.41, 5.74) is 5.91. The van der Waals surface area contributed by atoms with Crippen LogP contribution in [-0.2, 0) is 0 Å². The first-order chi connectivity index (χ1) is 17.8. The van der Waals surface area contributed by atoms with Crippen LogP contribution in [0.15, 0.2) is 120 Å². The molecule has 0 unspecified atom stereocenters. The van der Waals surface area contributed by atoms with E-state index < -0.39 is 0 Å². The summed E-state index contributed by atoms with van der Waals surface area (Å²) < 4.78 is 4.12. The first-order valence-electron chi connectivity index (χ1n) is 12.0. The van der Waals surface area contributed by atoms with Gasteiger partial charge in [-0.25, -0.2) is 4.98 Å². The number of aromatic nitrogens is 3. The minimum absolute atomic E-state index is 0.0365. The minimum Gasteiger partial charge on any atom is -0.309 e. The molecule has 0 aliphatic rings. The molecule has 0 N–H and O–H groups in total. The van der Waals surface area contributed by atoms with Gasteiger partial charge in [-0.2, -0.15) is 0 Å². The SMILES string of the molecule is O=c1c2ccccc2c2cc3c(c4ccccc4n3-c3ccccc3)c3nc(-c4ccccc4)n1c23. The predicted molar refractivity (Wildman–Crippen MR) is 147 cm³/mol.